The molecule has 0 spiro atoms. The normalized spacial score (nSPS) is 39.6. The summed E-state index contributed by atoms with van der Waals surface area (Å²) in [7, 11) is 3.34. The Morgan fingerprint density at radius 2 is 1.74 bits per heavy atom. The number of nitrogens with zero attached hydrogens (tertiary/aromatic N) is 1. The second kappa shape index (κ2) is 6.20. The lowest BCUT2D eigenvalue weighted by Crippen LogP contribution is -2.45. The van der Waals surface area contributed by atoms with Crippen molar-refractivity contribution in [2.24, 2.45) is 17.6 Å². The Hall–Kier alpha value is -0.650. The quantitative estimate of drug-likeness (QED) is 0.816. The third-order valence-electron chi connectivity index (χ3n) is 4.81. The molecule has 0 aromatic carbocycles. The highest BCUT2D eigenvalue weighted by Crippen LogP contribution is 2.31. The number of carbonyl (C=O) groups is 1. The molecule has 5 unspecified atom stereocenters. The van der Waals surface area contributed by atoms with Crippen LogP contribution in [0.5, 0.6) is 0 Å². The van der Waals surface area contributed by atoms with Crippen molar-refractivity contribution in [3.63, 3.8) is 0 Å². The molecule has 0 aromatic rings. The zero-order valence-electron chi connectivity index (χ0n) is 12.2. The van der Waals surface area contributed by atoms with E-state index in [1.54, 1.807) is 14.2 Å². The van der Waals surface area contributed by atoms with Crippen molar-refractivity contribution in [1.82, 2.24) is 4.90 Å². The molecule has 2 N–H and O–H groups in total. The number of ether oxygens (including phenoxy) is 2. The van der Waals surface area contributed by atoms with Crippen molar-refractivity contribution in [3.8, 4) is 0 Å². The average Bonchev–Trinajstić information content (AvgIpc) is 2.84. The van der Waals surface area contributed by atoms with Crippen molar-refractivity contribution >= 4 is 5.91 Å². The van der Waals surface area contributed by atoms with Gasteiger partial charge in [0, 0.05) is 39.3 Å². The van der Waals surface area contributed by atoms with Gasteiger partial charge in [0.05, 0.1) is 0 Å². The van der Waals surface area contributed by atoms with E-state index >= 15 is 0 Å². The molecule has 5 atom stereocenters. The van der Waals surface area contributed by atoms with Crippen LogP contribution in [-0.2, 0) is 14.3 Å². The highest BCUT2D eigenvalue weighted by atomic mass is 16.5. The van der Waals surface area contributed by atoms with Gasteiger partial charge in [-0.25, -0.2) is 0 Å². The molecule has 19 heavy (non-hydrogen) atoms. The number of likely N-dealkylation sites (tertiary alicyclic amines) is 1. The molecule has 1 aliphatic heterocycles. The molecular formula is C14H26N2O3. The van der Waals surface area contributed by atoms with Crippen molar-refractivity contribution in [2.45, 2.75) is 44.4 Å². The summed E-state index contributed by atoms with van der Waals surface area (Å²) in [6.45, 7) is 3.36. The highest BCUT2D eigenvalue weighted by Gasteiger charge is 2.41. The zero-order valence-corrected chi connectivity index (χ0v) is 12.2. The van der Waals surface area contributed by atoms with E-state index in [0.717, 1.165) is 19.3 Å². The summed E-state index contributed by atoms with van der Waals surface area (Å²) in [5.41, 5.74) is 6.09. The van der Waals surface area contributed by atoms with Gasteiger partial charge in [-0.15, -0.1) is 0 Å². The van der Waals surface area contributed by atoms with Crippen molar-refractivity contribution in [1.29, 1.82) is 0 Å². The van der Waals surface area contributed by atoms with Crippen LogP contribution in [0.2, 0.25) is 0 Å². The topological polar surface area (TPSA) is 64.8 Å². The smallest absolute Gasteiger partial charge is 0.226 e. The van der Waals surface area contributed by atoms with Crippen LogP contribution in [0.15, 0.2) is 0 Å². The fraction of sp³-hybridized carbons (Fsp3) is 0.929. The largest absolute Gasteiger partial charge is 0.377 e. The minimum atomic E-state index is -0.0125. The first-order chi connectivity index (χ1) is 9.08. The van der Waals surface area contributed by atoms with E-state index in [1.807, 2.05) is 4.90 Å². The van der Waals surface area contributed by atoms with Gasteiger partial charge < -0.3 is 20.1 Å². The molecule has 1 heterocycles. The van der Waals surface area contributed by atoms with Gasteiger partial charge in [0.15, 0.2) is 0 Å². The minimum absolute atomic E-state index is 0.0125. The van der Waals surface area contributed by atoms with E-state index in [0.29, 0.717) is 13.1 Å². The number of hydrogen-bond acceptors (Lipinski definition) is 4. The van der Waals surface area contributed by atoms with Crippen LogP contribution in [0, 0.1) is 11.8 Å². The molecule has 5 heteroatoms. The first kappa shape index (κ1) is 14.8. The number of nitrogens with two attached hydrogens (primary N) is 1. The van der Waals surface area contributed by atoms with Gasteiger partial charge in [0.1, 0.15) is 12.2 Å². The summed E-state index contributed by atoms with van der Waals surface area (Å²) in [6.07, 6.45) is 3.02. The summed E-state index contributed by atoms with van der Waals surface area (Å²) in [4.78, 5) is 14.5. The van der Waals surface area contributed by atoms with E-state index in [2.05, 4.69) is 6.92 Å². The van der Waals surface area contributed by atoms with Crippen LogP contribution in [0.4, 0.5) is 0 Å². The van der Waals surface area contributed by atoms with Crippen LogP contribution < -0.4 is 5.73 Å². The average molecular weight is 270 g/mol. The minimum Gasteiger partial charge on any atom is -0.377 e. The number of hydrogen-bond donors (Lipinski definition) is 1. The summed E-state index contributed by atoms with van der Waals surface area (Å²) < 4.78 is 10.8. The van der Waals surface area contributed by atoms with E-state index < -0.39 is 0 Å². The van der Waals surface area contributed by atoms with Crippen LogP contribution >= 0.6 is 0 Å². The maximum Gasteiger partial charge on any atom is 0.226 e. The first-order valence-corrected chi connectivity index (χ1v) is 7.18. The number of amides is 1. The second-order valence-electron chi connectivity index (χ2n) is 5.85. The number of rotatable bonds is 3. The lowest BCUT2D eigenvalue weighted by atomic mass is 9.76. The predicted molar refractivity (Wildman–Crippen MR) is 72.7 cm³/mol. The van der Waals surface area contributed by atoms with Crippen molar-refractivity contribution in [2.75, 3.05) is 27.3 Å². The number of methoxy groups -OCH3 is 2. The van der Waals surface area contributed by atoms with Gasteiger partial charge in [-0.2, -0.15) is 0 Å². The van der Waals surface area contributed by atoms with Crippen LogP contribution in [-0.4, -0.2) is 56.4 Å². The van der Waals surface area contributed by atoms with Gasteiger partial charge in [-0.05, 0) is 18.8 Å². The van der Waals surface area contributed by atoms with Crippen molar-refractivity contribution < 1.29 is 14.3 Å². The van der Waals surface area contributed by atoms with Crippen LogP contribution in [0.3, 0.4) is 0 Å². The summed E-state index contributed by atoms with van der Waals surface area (Å²) in [6, 6.07) is 0.154. The Kier molecular flexibility index (Phi) is 4.81. The van der Waals surface area contributed by atoms with E-state index in [1.165, 1.54) is 0 Å². The molecule has 2 aliphatic rings. The van der Waals surface area contributed by atoms with Gasteiger partial charge in [0.2, 0.25) is 5.91 Å². The molecule has 1 aliphatic carbocycles. The number of carbonyl (C=O) groups excluding carboxylic acids is 1. The molecule has 1 amide bonds. The maximum absolute atomic E-state index is 12.6. The summed E-state index contributed by atoms with van der Waals surface area (Å²) >= 11 is 0. The fourth-order valence-corrected chi connectivity index (χ4v) is 3.36. The maximum atomic E-state index is 12.6. The Labute approximate surface area is 115 Å². The molecular weight excluding hydrogens is 244 g/mol. The standard InChI is InChI=1S/C14H26N2O3/c1-9-10(5-4-6-11(9)15)14(17)16-7-12(18-2)13(8-16)19-3/h9-13H,4-8,15H2,1-3H3. The third kappa shape index (κ3) is 2.93. The molecule has 0 aromatic heterocycles. The van der Waals surface area contributed by atoms with Crippen molar-refractivity contribution in [3.05, 3.63) is 0 Å². The third-order valence-corrected chi connectivity index (χ3v) is 4.81. The molecule has 1 saturated carbocycles. The molecule has 5 nitrogen and oxygen atoms in total. The summed E-state index contributed by atoms with van der Waals surface area (Å²) in [5, 5.41) is 0. The lowest BCUT2D eigenvalue weighted by Gasteiger charge is -2.35. The molecule has 2 rings (SSSR count). The molecule has 2 fully saturated rings. The molecule has 110 valence electrons. The lowest BCUT2D eigenvalue weighted by molar-refractivity contribution is -0.138. The second-order valence-corrected chi connectivity index (χ2v) is 5.85. The molecule has 0 radical (unpaired) electrons. The SMILES string of the molecule is COC1CN(C(=O)C2CCCC(N)C2C)CC1OC. The van der Waals surface area contributed by atoms with Gasteiger partial charge >= 0.3 is 0 Å². The predicted octanol–water partition coefficient (Wildman–Crippen LogP) is 0.622. The van der Waals surface area contributed by atoms with Crippen LogP contribution in [0.25, 0.3) is 0 Å². The van der Waals surface area contributed by atoms with Crippen LogP contribution in [0.1, 0.15) is 26.2 Å². The Morgan fingerprint density at radius 3 is 2.26 bits per heavy atom. The van der Waals surface area contributed by atoms with E-state index in [9.17, 15) is 4.79 Å². The zero-order chi connectivity index (χ0) is 14.0. The monoisotopic (exact) mass is 270 g/mol. The Morgan fingerprint density at radius 1 is 1.16 bits per heavy atom. The molecule has 0 bridgehead atoms. The van der Waals surface area contributed by atoms with E-state index in [-0.39, 0.29) is 36.0 Å². The van der Waals surface area contributed by atoms with Gasteiger partial charge in [0.25, 0.3) is 0 Å². The van der Waals surface area contributed by atoms with E-state index in [4.69, 9.17) is 15.2 Å². The molecule has 1 saturated heterocycles. The van der Waals surface area contributed by atoms with Gasteiger partial charge in [-0.1, -0.05) is 13.3 Å². The first-order valence-electron chi connectivity index (χ1n) is 7.18. The Bertz CT molecular complexity index is 312. The fourth-order valence-electron chi connectivity index (χ4n) is 3.36. The summed E-state index contributed by atoms with van der Waals surface area (Å²) in [5.74, 6) is 0.560. The Balaban J connectivity index is 2.00. The van der Waals surface area contributed by atoms with Gasteiger partial charge in [-0.3, -0.25) is 4.79 Å². The highest BCUT2D eigenvalue weighted by molar-refractivity contribution is 5.79.